The largest absolute Gasteiger partial charge is 0.304 e. The molecule has 0 aliphatic carbocycles. The molecule has 0 spiro atoms. The number of carbonyl (C=O) groups excluding carboxylic acids is 1. The monoisotopic (exact) mass is 336 g/mol. The highest BCUT2D eigenvalue weighted by molar-refractivity contribution is 9.10. The normalized spacial score (nSPS) is 12.0. The molecule has 0 fully saturated rings. The Morgan fingerprint density at radius 2 is 1.80 bits per heavy atom. The van der Waals surface area contributed by atoms with E-state index in [0.29, 0.717) is 5.46 Å². The zero-order valence-electron chi connectivity index (χ0n) is 10.8. The minimum Gasteiger partial charge on any atom is -0.304 e. The van der Waals surface area contributed by atoms with Crippen molar-refractivity contribution in [1.29, 1.82) is 0 Å². The van der Waals surface area contributed by atoms with Crippen molar-refractivity contribution >= 4 is 39.9 Å². The van der Waals surface area contributed by atoms with Crippen molar-refractivity contribution in [3.63, 3.8) is 0 Å². The van der Waals surface area contributed by atoms with Gasteiger partial charge in [-0.2, -0.15) is 0 Å². The number of aldehydes is 1. The van der Waals surface area contributed by atoms with E-state index in [-0.39, 0.29) is 4.47 Å². The molecule has 1 atom stereocenters. The molecular formula is C15H12BBrF2O. The van der Waals surface area contributed by atoms with Crippen LogP contribution in [0.4, 0.5) is 8.78 Å². The number of benzene rings is 2. The fourth-order valence-corrected chi connectivity index (χ4v) is 2.64. The summed E-state index contributed by atoms with van der Waals surface area (Å²) in [6.45, 7) is 1.28. The summed E-state index contributed by atoms with van der Waals surface area (Å²) in [7, 11) is 0. The molecule has 2 rings (SSSR count). The summed E-state index contributed by atoms with van der Waals surface area (Å²) in [5.74, 6) is -1.71. The van der Waals surface area contributed by atoms with Gasteiger partial charge in [0.2, 0.25) is 6.71 Å². The molecule has 1 nitrogen and oxygen atoms in total. The highest BCUT2D eigenvalue weighted by Crippen LogP contribution is 2.17. The lowest BCUT2D eigenvalue weighted by Crippen LogP contribution is -2.47. The second kappa shape index (κ2) is 6.31. The van der Waals surface area contributed by atoms with E-state index in [0.717, 1.165) is 17.8 Å². The highest BCUT2D eigenvalue weighted by Gasteiger charge is 2.29. The summed E-state index contributed by atoms with van der Waals surface area (Å²) < 4.78 is 27.6. The van der Waals surface area contributed by atoms with Gasteiger partial charge in [-0.3, -0.25) is 0 Å². The first-order valence-corrected chi connectivity index (χ1v) is 6.98. The summed E-state index contributed by atoms with van der Waals surface area (Å²) >= 11 is 3.06. The van der Waals surface area contributed by atoms with E-state index in [1.54, 1.807) is 6.92 Å². The van der Waals surface area contributed by atoms with Crippen molar-refractivity contribution < 1.29 is 13.6 Å². The van der Waals surface area contributed by atoms with Gasteiger partial charge in [0.1, 0.15) is 17.9 Å². The van der Waals surface area contributed by atoms with Crippen molar-refractivity contribution in [2.24, 2.45) is 0 Å². The van der Waals surface area contributed by atoms with Crippen LogP contribution in [0.1, 0.15) is 6.92 Å². The number of rotatable bonds is 4. The fraction of sp³-hybridized carbons (Fsp3) is 0.133. The predicted molar refractivity (Wildman–Crippen MR) is 81.0 cm³/mol. The first kappa shape index (κ1) is 14.9. The van der Waals surface area contributed by atoms with E-state index < -0.39 is 24.2 Å². The minimum atomic E-state index is -0.656. The van der Waals surface area contributed by atoms with Crippen LogP contribution < -0.4 is 10.9 Å². The smallest absolute Gasteiger partial charge is 0.223 e. The number of carbonyl (C=O) groups is 1. The molecule has 2 aromatic rings. The Balaban J connectivity index is 2.58. The molecule has 20 heavy (non-hydrogen) atoms. The molecule has 1 unspecified atom stereocenters. The minimum absolute atomic E-state index is 0.188. The van der Waals surface area contributed by atoms with E-state index in [4.69, 9.17) is 0 Å². The second-order valence-corrected chi connectivity index (χ2v) is 5.53. The maximum atomic E-state index is 14.1. The van der Waals surface area contributed by atoms with Crippen LogP contribution in [-0.2, 0) is 4.79 Å². The molecule has 0 saturated heterocycles. The van der Waals surface area contributed by atoms with Crippen molar-refractivity contribution in [3.05, 3.63) is 58.6 Å². The zero-order valence-corrected chi connectivity index (χ0v) is 12.4. The Labute approximate surface area is 125 Å². The summed E-state index contributed by atoms with van der Waals surface area (Å²) in [6.07, 6.45) is 0.786. The lowest BCUT2D eigenvalue weighted by molar-refractivity contribution is -0.107. The van der Waals surface area contributed by atoms with Crippen molar-refractivity contribution in [2.75, 3.05) is 0 Å². The van der Waals surface area contributed by atoms with E-state index in [2.05, 4.69) is 15.9 Å². The standard InChI is InChI=1S/C15H12BBrF2O/c1-10(9-20)16(11-5-3-2-4-6-11)12-7-13(17)15(19)8-14(12)18/h2-10H,1H3. The van der Waals surface area contributed by atoms with Gasteiger partial charge in [-0.25, -0.2) is 8.78 Å². The topological polar surface area (TPSA) is 17.1 Å². The van der Waals surface area contributed by atoms with Gasteiger partial charge in [0.15, 0.2) is 0 Å². The SMILES string of the molecule is CC(C=O)B(c1ccccc1)c1cc(Br)c(F)cc1F. The molecule has 0 radical (unpaired) electrons. The number of hydrogen-bond donors (Lipinski definition) is 0. The Morgan fingerprint density at radius 3 is 2.40 bits per heavy atom. The van der Waals surface area contributed by atoms with Gasteiger partial charge in [-0.1, -0.05) is 42.7 Å². The quantitative estimate of drug-likeness (QED) is 0.476. The first-order chi connectivity index (χ1) is 9.54. The molecule has 0 bridgehead atoms. The molecule has 0 amide bonds. The van der Waals surface area contributed by atoms with Gasteiger partial charge in [0, 0.05) is 6.07 Å². The summed E-state index contributed by atoms with van der Waals surface area (Å²) in [4.78, 5) is 11.1. The van der Waals surface area contributed by atoms with Crippen molar-refractivity contribution in [2.45, 2.75) is 12.7 Å². The maximum Gasteiger partial charge on any atom is 0.223 e. The average molecular weight is 337 g/mol. The van der Waals surface area contributed by atoms with E-state index in [1.807, 2.05) is 30.3 Å². The van der Waals surface area contributed by atoms with E-state index in [1.165, 1.54) is 6.07 Å². The Bertz CT molecular complexity index is 619. The molecule has 0 aliphatic rings. The molecule has 0 aromatic heterocycles. The summed E-state index contributed by atoms with van der Waals surface area (Å²) in [6, 6.07) is 11.4. The van der Waals surface area contributed by atoms with Crippen LogP contribution in [-0.4, -0.2) is 13.0 Å². The third kappa shape index (κ3) is 2.98. The molecule has 5 heteroatoms. The summed E-state index contributed by atoms with van der Waals surface area (Å²) in [5.41, 5.74) is 1.13. The lowest BCUT2D eigenvalue weighted by atomic mass is 9.34. The van der Waals surface area contributed by atoms with Gasteiger partial charge in [0.05, 0.1) is 4.47 Å². The molecule has 102 valence electrons. The average Bonchev–Trinajstić information content (AvgIpc) is 2.45. The third-order valence-corrected chi connectivity index (χ3v) is 3.88. The molecule has 0 heterocycles. The second-order valence-electron chi connectivity index (χ2n) is 4.67. The maximum absolute atomic E-state index is 14.1. The number of hydrogen-bond acceptors (Lipinski definition) is 1. The van der Waals surface area contributed by atoms with Crippen molar-refractivity contribution in [1.82, 2.24) is 0 Å². The summed E-state index contributed by atoms with van der Waals surface area (Å²) in [5, 5.41) is 0. The molecule has 0 aliphatic heterocycles. The van der Waals surface area contributed by atoms with E-state index >= 15 is 0 Å². The van der Waals surface area contributed by atoms with Gasteiger partial charge < -0.3 is 4.79 Å². The highest BCUT2D eigenvalue weighted by atomic mass is 79.9. The number of halogens is 3. The van der Waals surface area contributed by atoms with Gasteiger partial charge in [-0.15, -0.1) is 0 Å². The molecule has 2 aromatic carbocycles. The van der Waals surface area contributed by atoms with Crippen LogP contribution in [0.5, 0.6) is 0 Å². The fourth-order valence-electron chi connectivity index (χ4n) is 2.28. The van der Waals surface area contributed by atoms with Gasteiger partial charge in [-0.05, 0) is 33.3 Å². The zero-order chi connectivity index (χ0) is 14.7. The lowest BCUT2D eigenvalue weighted by Gasteiger charge is -2.18. The molecule has 0 N–H and O–H groups in total. The Hall–Kier alpha value is -1.49. The van der Waals surface area contributed by atoms with Crippen LogP contribution in [0.3, 0.4) is 0 Å². The van der Waals surface area contributed by atoms with Crippen LogP contribution in [0, 0.1) is 11.6 Å². The predicted octanol–water partition coefficient (Wildman–Crippen LogP) is 2.93. The first-order valence-electron chi connectivity index (χ1n) is 6.19. The van der Waals surface area contributed by atoms with Gasteiger partial charge >= 0.3 is 0 Å². The van der Waals surface area contributed by atoms with Gasteiger partial charge in [0.25, 0.3) is 0 Å². The Morgan fingerprint density at radius 1 is 1.15 bits per heavy atom. The van der Waals surface area contributed by atoms with E-state index in [9.17, 15) is 13.6 Å². The third-order valence-electron chi connectivity index (χ3n) is 3.27. The van der Waals surface area contributed by atoms with Crippen LogP contribution >= 0.6 is 15.9 Å². The van der Waals surface area contributed by atoms with Crippen molar-refractivity contribution in [3.8, 4) is 0 Å². The van der Waals surface area contributed by atoms with Crippen LogP contribution in [0.2, 0.25) is 5.82 Å². The molecular weight excluding hydrogens is 325 g/mol. The van der Waals surface area contributed by atoms with Crippen LogP contribution in [0.15, 0.2) is 46.9 Å². The molecule has 0 saturated carbocycles. The van der Waals surface area contributed by atoms with Crippen LogP contribution in [0.25, 0.3) is 0 Å². The Kier molecular flexibility index (Phi) is 4.71.